The number of nitriles is 1. The van der Waals surface area contributed by atoms with E-state index in [-0.39, 0.29) is 34.9 Å². The maximum Gasteiger partial charge on any atom is 0.316 e. The summed E-state index contributed by atoms with van der Waals surface area (Å²) in [5.74, 6) is 0.806. The second kappa shape index (κ2) is 9.11. The predicted octanol–water partition coefficient (Wildman–Crippen LogP) is 2.86. The third kappa shape index (κ3) is 4.09. The Morgan fingerprint density at radius 1 is 1.12 bits per heavy atom. The SMILES string of the molecule is COc1ncc(-c2cccc3nc(C(C)Nc4nc(N)ncc4C#N)n(C(C)C)c(=O)c23)cn1. The van der Waals surface area contributed by atoms with Crippen molar-refractivity contribution in [2.24, 2.45) is 0 Å². The monoisotopic (exact) mass is 457 g/mol. The molecule has 3 N–H and O–H groups in total. The van der Waals surface area contributed by atoms with Crippen LogP contribution in [0.3, 0.4) is 0 Å². The van der Waals surface area contributed by atoms with Gasteiger partial charge < -0.3 is 15.8 Å². The molecule has 11 heteroatoms. The molecule has 1 aromatic carbocycles. The maximum absolute atomic E-state index is 13.8. The Morgan fingerprint density at radius 2 is 1.85 bits per heavy atom. The minimum absolute atomic E-state index is 0.0350. The minimum Gasteiger partial charge on any atom is -0.467 e. The van der Waals surface area contributed by atoms with E-state index in [1.165, 1.54) is 13.3 Å². The van der Waals surface area contributed by atoms with E-state index in [0.29, 0.717) is 27.9 Å². The van der Waals surface area contributed by atoms with E-state index in [9.17, 15) is 10.1 Å². The average Bonchev–Trinajstić information content (AvgIpc) is 2.83. The largest absolute Gasteiger partial charge is 0.467 e. The van der Waals surface area contributed by atoms with Crippen molar-refractivity contribution in [2.75, 3.05) is 18.2 Å². The lowest BCUT2D eigenvalue weighted by molar-refractivity contribution is 0.380. The van der Waals surface area contributed by atoms with E-state index < -0.39 is 6.04 Å². The fourth-order valence-corrected chi connectivity index (χ4v) is 3.72. The Morgan fingerprint density at radius 3 is 2.50 bits per heavy atom. The number of anilines is 2. The molecule has 0 aliphatic carbocycles. The van der Waals surface area contributed by atoms with Gasteiger partial charge in [0.05, 0.1) is 30.3 Å². The van der Waals surface area contributed by atoms with Gasteiger partial charge in [0.1, 0.15) is 23.3 Å². The van der Waals surface area contributed by atoms with E-state index in [1.807, 2.05) is 39.0 Å². The van der Waals surface area contributed by atoms with Gasteiger partial charge in [-0.2, -0.15) is 10.2 Å². The maximum atomic E-state index is 13.8. The first-order valence-electron chi connectivity index (χ1n) is 10.5. The van der Waals surface area contributed by atoms with Gasteiger partial charge in [0.15, 0.2) is 0 Å². The smallest absolute Gasteiger partial charge is 0.316 e. The molecule has 0 aliphatic heterocycles. The lowest BCUT2D eigenvalue weighted by Crippen LogP contribution is -2.30. The Balaban J connectivity index is 1.87. The van der Waals surface area contributed by atoms with Gasteiger partial charge in [-0.15, -0.1) is 0 Å². The number of ether oxygens (including phenoxy) is 1. The van der Waals surface area contributed by atoms with Crippen LogP contribution in [0.2, 0.25) is 0 Å². The molecule has 0 spiro atoms. The summed E-state index contributed by atoms with van der Waals surface area (Å²) in [5.41, 5.74) is 7.62. The molecule has 1 unspecified atom stereocenters. The van der Waals surface area contributed by atoms with E-state index in [4.69, 9.17) is 15.5 Å². The number of hydrogen-bond acceptors (Lipinski definition) is 10. The van der Waals surface area contributed by atoms with E-state index in [0.717, 1.165) is 0 Å². The summed E-state index contributed by atoms with van der Waals surface area (Å²) in [4.78, 5) is 34.9. The first kappa shape index (κ1) is 22.6. The fourth-order valence-electron chi connectivity index (χ4n) is 3.72. The molecule has 1 atom stereocenters. The highest BCUT2D eigenvalue weighted by molar-refractivity contribution is 5.93. The van der Waals surface area contributed by atoms with Crippen LogP contribution in [0.15, 0.2) is 41.6 Å². The highest BCUT2D eigenvalue weighted by Crippen LogP contribution is 2.28. The summed E-state index contributed by atoms with van der Waals surface area (Å²) < 4.78 is 6.67. The average molecular weight is 457 g/mol. The molecule has 0 saturated heterocycles. The lowest BCUT2D eigenvalue weighted by atomic mass is 10.0. The predicted molar refractivity (Wildman–Crippen MR) is 127 cm³/mol. The van der Waals surface area contributed by atoms with Crippen LogP contribution in [-0.4, -0.2) is 36.6 Å². The van der Waals surface area contributed by atoms with Crippen molar-refractivity contribution in [1.82, 2.24) is 29.5 Å². The zero-order valence-corrected chi connectivity index (χ0v) is 19.1. The minimum atomic E-state index is -0.464. The standard InChI is InChI=1S/C23H23N9O2/c1-12(2)32-20(13(3)29-19-14(8-24)9-26-22(25)31-19)30-17-7-5-6-16(18(17)21(32)33)15-10-27-23(34-4)28-11-15/h5-7,9-13H,1-4H3,(H3,25,26,29,31). The molecular weight excluding hydrogens is 434 g/mol. The number of nitrogens with zero attached hydrogens (tertiary/aromatic N) is 7. The first-order valence-corrected chi connectivity index (χ1v) is 10.5. The van der Waals surface area contributed by atoms with Crippen molar-refractivity contribution < 1.29 is 4.74 Å². The van der Waals surface area contributed by atoms with E-state index in [2.05, 4.69) is 25.3 Å². The van der Waals surface area contributed by atoms with Crippen LogP contribution in [0.4, 0.5) is 11.8 Å². The third-order valence-corrected chi connectivity index (χ3v) is 5.26. The molecule has 4 rings (SSSR count). The Hall–Kier alpha value is -4.59. The van der Waals surface area contributed by atoms with Gasteiger partial charge in [-0.1, -0.05) is 12.1 Å². The van der Waals surface area contributed by atoms with E-state index >= 15 is 0 Å². The van der Waals surface area contributed by atoms with Crippen LogP contribution in [-0.2, 0) is 0 Å². The molecule has 11 nitrogen and oxygen atoms in total. The van der Waals surface area contributed by atoms with Crippen molar-refractivity contribution in [3.63, 3.8) is 0 Å². The molecular formula is C23H23N9O2. The molecule has 0 saturated carbocycles. The number of aromatic nitrogens is 6. The van der Waals surface area contributed by atoms with Crippen LogP contribution in [0.25, 0.3) is 22.0 Å². The molecule has 3 aromatic heterocycles. The molecule has 0 radical (unpaired) electrons. The topological polar surface area (TPSA) is 158 Å². The Labute approximate surface area is 195 Å². The van der Waals surface area contributed by atoms with Gasteiger partial charge in [-0.3, -0.25) is 9.36 Å². The number of rotatable bonds is 6. The van der Waals surface area contributed by atoms with Crippen LogP contribution in [0.5, 0.6) is 6.01 Å². The molecule has 0 fully saturated rings. The number of benzene rings is 1. The summed E-state index contributed by atoms with van der Waals surface area (Å²) in [6.45, 7) is 5.66. The number of hydrogen-bond donors (Lipinski definition) is 2. The first-order chi connectivity index (χ1) is 16.3. The van der Waals surface area contributed by atoms with Gasteiger partial charge in [-0.25, -0.2) is 19.9 Å². The number of nitrogens with two attached hydrogens (primary N) is 1. The van der Waals surface area contributed by atoms with E-state index in [1.54, 1.807) is 23.0 Å². The van der Waals surface area contributed by atoms with Gasteiger partial charge >= 0.3 is 6.01 Å². The summed E-state index contributed by atoms with van der Waals surface area (Å²) in [6, 6.07) is 7.08. The van der Waals surface area contributed by atoms with Crippen LogP contribution in [0.1, 0.15) is 44.2 Å². The number of methoxy groups -OCH3 is 1. The van der Waals surface area contributed by atoms with Crippen molar-refractivity contribution in [3.05, 3.63) is 58.5 Å². The second-order valence-electron chi connectivity index (χ2n) is 7.87. The van der Waals surface area contributed by atoms with Gasteiger partial charge in [0, 0.05) is 24.0 Å². The third-order valence-electron chi connectivity index (χ3n) is 5.26. The Bertz CT molecular complexity index is 1460. The molecule has 172 valence electrons. The van der Waals surface area contributed by atoms with Crippen molar-refractivity contribution in [2.45, 2.75) is 32.9 Å². The summed E-state index contributed by atoms with van der Waals surface area (Å²) in [5, 5.41) is 13.0. The van der Waals surface area contributed by atoms with Gasteiger partial charge in [0.2, 0.25) is 5.95 Å². The van der Waals surface area contributed by atoms with Gasteiger partial charge in [-0.05, 0) is 32.4 Å². The summed E-state index contributed by atoms with van der Waals surface area (Å²) in [7, 11) is 1.49. The highest BCUT2D eigenvalue weighted by atomic mass is 16.5. The summed E-state index contributed by atoms with van der Waals surface area (Å²) in [6.07, 6.45) is 4.57. The molecule has 3 heterocycles. The Kier molecular flexibility index (Phi) is 6.05. The zero-order chi connectivity index (χ0) is 24.4. The van der Waals surface area contributed by atoms with Crippen molar-refractivity contribution >= 4 is 22.7 Å². The van der Waals surface area contributed by atoms with Crippen molar-refractivity contribution in [1.29, 1.82) is 5.26 Å². The number of nitrogens with one attached hydrogen (secondary N) is 1. The molecule has 0 aliphatic rings. The van der Waals surface area contributed by atoms with Crippen LogP contribution in [0, 0.1) is 11.3 Å². The number of nitrogen functional groups attached to an aromatic ring is 1. The molecule has 0 amide bonds. The van der Waals surface area contributed by atoms with Crippen LogP contribution < -0.4 is 21.3 Å². The zero-order valence-electron chi connectivity index (χ0n) is 19.1. The molecule has 34 heavy (non-hydrogen) atoms. The normalized spacial score (nSPS) is 11.9. The number of fused-ring (bicyclic) bond motifs is 1. The second-order valence-corrected chi connectivity index (χ2v) is 7.87. The molecule has 0 bridgehead atoms. The van der Waals surface area contributed by atoms with Crippen molar-refractivity contribution in [3.8, 4) is 23.2 Å². The quantitative estimate of drug-likeness (QED) is 0.441. The molecule has 4 aromatic rings. The van der Waals surface area contributed by atoms with Gasteiger partial charge in [0.25, 0.3) is 5.56 Å². The highest BCUT2D eigenvalue weighted by Gasteiger charge is 2.22. The van der Waals surface area contributed by atoms with Crippen LogP contribution >= 0.6 is 0 Å². The summed E-state index contributed by atoms with van der Waals surface area (Å²) >= 11 is 0. The fraction of sp³-hybridized carbons (Fsp3) is 0.261. The lowest BCUT2D eigenvalue weighted by Gasteiger charge is -2.23.